The van der Waals surface area contributed by atoms with Crippen LogP contribution in [0.4, 0.5) is 0 Å². The summed E-state index contributed by atoms with van der Waals surface area (Å²) in [5.41, 5.74) is -0.100. The van der Waals surface area contributed by atoms with Crippen LogP contribution in [0.5, 0.6) is 0 Å². The fraction of sp³-hybridized carbons (Fsp3) is 0.824. The van der Waals surface area contributed by atoms with Crippen molar-refractivity contribution < 1.29 is 4.74 Å². The van der Waals surface area contributed by atoms with Crippen molar-refractivity contribution in [3.8, 4) is 0 Å². The number of nitrogens with one attached hydrogen (secondary N) is 1. The Bertz CT molecular complexity index is 408. The minimum absolute atomic E-state index is 0.100. The zero-order chi connectivity index (χ0) is 15.1. The molecule has 1 fully saturated rings. The van der Waals surface area contributed by atoms with Crippen LogP contribution < -0.4 is 5.32 Å². The number of aryl methyl sites for hydroxylation is 1. The molecule has 4 nitrogen and oxygen atoms in total. The first-order valence-corrected chi connectivity index (χ1v) is 8.59. The molecule has 1 N–H and O–H groups in total. The standard InChI is InChI=1S/C17H31N3O/c1-4-13-20-14-12-19-16(20)15(18-3)17(21-5-2)10-8-6-7-9-11-17/h12,14-15,18H,4-11,13H2,1-3H3. The highest BCUT2D eigenvalue weighted by Crippen LogP contribution is 2.40. The lowest BCUT2D eigenvalue weighted by Gasteiger charge is -2.39. The van der Waals surface area contributed by atoms with E-state index in [4.69, 9.17) is 4.74 Å². The van der Waals surface area contributed by atoms with E-state index in [2.05, 4.69) is 34.9 Å². The molecule has 1 heterocycles. The number of ether oxygens (including phenoxy) is 1. The van der Waals surface area contributed by atoms with Crippen molar-refractivity contribution >= 4 is 0 Å². The third kappa shape index (κ3) is 3.67. The molecule has 0 aliphatic heterocycles. The van der Waals surface area contributed by atoms with Gasteiger partial charge in [0.1, 0.15) is 5.82 Å². The fourth-order valence-electron chi connectivity index (χ4n) is 3.77. The highest BCUT2D eigenvalue weighted by atomic mass is 16.5. The van der Waals surface area contributed by atoms with Gasteiger partial charge in [0, 0.05) is 25.5 Å². The van der Waals surface area contributed by atoms with Crippen LogP contribution in [0.25, 0.3) is 0 Å². The summed E-state index contributed by atoms with van der Waals surface area (Å²) in [6.45, 7) is 6.11. The Labute approximate surface area is 129 Å². The summed E-state index contributed by atoms with van der Waals surface area (Å²) in [5, 5.41) is 3.52. The zero-order valence-corrected chi connectivity index (χ0v) is 13.9. The minimum atomic E-state index is -0.100. The quantitative estimate of drug-likeness (QED) is 0.779. The summed E-state index contributed by atoms with van der Waals surface area (Å²) in [6, 6.07) is 0.178. The molecule has 0 bridgehead atoms. The summed E-state index contributed by atoms with van der Waals surface area (Å²) in [7, 11) is 2.04. The van der Waals surface area contributed by atoms with Gasteiger partial charge in [-0.1, -0.05) is 32.6 Å². The van der Waals surface area contributed by atoms with E-state index in [0.717, 1.165) is 38.2 Å². The van der Waals surface area contributed by atoms with Gasteiger partial charge < -0.3 is 14.6 Å². The van der Waals surface area contributed by atoms with Crippen LogP contribution in [-0.4, -0.2) is 28.8 Å². The molecule has 0 radical (unpaired) electrons. The van der Waals surface area contributed by atoms with Gasteiger partial charge in [-0.3, -0.25) is 0 Å². The van der Waals surface area contributed by atoms with E-state index in [-0.39, 0.29) is 11.6 Å². The molecule has 1 aromatic rings. The second-order valence-electron chi connectivity index (χ2n) is 6.11. The van der Waals surface area contributed by atoms with Crippen LogP contribution in [-0.2, 0) is 11.3 Å². The fourth-order valence-corrected chi connectivity index (χ4v) is 3.77. The molecule has 1 saturated carbocycles. The average Bonchev–Trinajstić information content (AvgIpc) is 2.79. The molecule has 0 aromatic carbocycles. The molecule has 21 heavy (non-hydrogen) atoms. The van der Waals surface area contributed by atoms with Gasteiger partial charge in [0.2, 0.25) is 0 Å². The van der Waals surface area contributed by atoms with Gasteiger partial charge in [0.25, 0.3) is 0 Å². The minimum Gasteiger partial charge on any atom is -0.373 e. The van der Waals surface area contributed by atoms with Crippen LogP contribution in [0.2, 0.25) is 0 Å². The largest absolute Gasteiger partial charge is 0.373 e. The van der Waals surface area contributed by atoms with E-state index in [1.165, 1.54) is 25.7 Å². The van der Waals surface area contributed by atoms with Crippen molar-refractivity contribution in [3.63, 3.8) is 0 Å². The molecule has 1 aromatic heterocycles. The van der Waals surface area contributed by atoms with Gasteiger partial charge in [0.15, 0.2) is 0 Å². The summed E-state index contributed by atoms with van der Waals surface area (Å²) in [5.74, 6) is 1.13. The Morgan fingerprint density at radius 3 is 2.57 bits per heavy atom. The lowest BCUT2D eigenvalue weighted by molar-refractivity contribution is -0.0791. The number of imidazole rings is 1. The molecule has 4 heteroatoms. The Balaban J connectivity index is 2.32. The lowest BCUT2D eigenvalue weighted by atomic mass is 9.85. The Morgan fingerprint density at radius 1 is 1.29 bits per heavy atom. The first-order chi connectivity index (χ1) is 10.3. The maximum Gasteiger partial charge on any atom is 0.128 e. The molecule has 1 unspecified atom stereocenters. The topological polar surface area (TPSA) is 39.1 Å². The molecular weight excluding hydrogens is 262 g/mol. The lowest BCUT2D eigenvalue weighted by Crippen LogP contribution is -2.46. The van der Waals surface area contributed by atoms with Crippen LogP contribution in [0.3, 0.4) is 0 Å². The number of likely N-dealkylation sites (N-methyl/N-ethyl adjacent to an activating group) is 1. The van der Waals surface area contributed by atoms with Crippen molar-refractivity contribution in [2.75, 3.05) is 13.7 Å². The van der Waals surface area contributed by atoms with Crippen LogP contribution >= 0.6 is 0 Å². The van der Waals surface area contributed by atoms with E-state index >= 15 is 0 Å². The molecule has 0 amide bonds. The van der Waals surface area contributed by atoms with Crippen LogP contribution in [0, 0.1) is 0 Å². The number of hydrogen-bond acceptors (Lipinski definition) is 3. The number of hydrogen-bond donors (Lipinski definition) is 1. The smallest absolute Gasteiger partial charge is 0.128 e. The van der Waals surface area contributed by atoms with Crippen molar-refractivity contribution in [1.29, 1.82) is 0 Å². The third-order valence-corrected chi connectivity index (χ3v) is 4.67. The van der Waals surface area contributed by atoms with Crippen molar-refractivity contribution in [2.24, 2.45) is 0 Å². The molecule has 1 atom stereocenters. The predicted octanol–water partition coefficient (Wildman–Crippen LogP) is 3.68. The zero-order valence-electron chi connectivity index (χ0n) is 13.9. The van der Waals surface area contributed by atoms with Crippen molar-refractivity contribution in [3.05, 3.63) is 18.2 Å². The summed E-state index contributed by atoms with van der Waals surface area (Å²) >= 11 is 0. The number of rotatable bonds is 7. The molecule has 0 spiro atoms. The van der Waals surface area contributed by atoms with Crippen LogP contribution in [0.15, 0.2) is 12.4 Å². The number of aromatic nitrogens is 2. The summed E-state index contributed by atoms with van der Waals surface area (Å²) in [4.78, 5) is 4.66. The van der Waals surface area contributed by atoms with E-state index in [9.17, 15) is 0 Å². The first kappa shape index (κ1) is 16.5. The predicted molar refractivity (Wildman–Crippen MR) is 86.4 cm³/mol. The van der Waals surface area contributed by atoms with E-state index in [1.807, 2.05) is 13.2 Å². The maximum absolute atomic E-state index is 6.34. The molecule has 0 saturated heterocycles. The Kier molecular flexibility index (Phi) is 6.24. The van der Waals surface area contributed by atoms with Gasteiger partial charge in [-0.25, -0.2) is 4.98 Å². The highest BCUT2D eigenvalue weighted by molar-refractivity contribution is 5.09. The van der Waals surface area contributed by atoms with Gasteiger partial charge in [-0.15, -0.1) is 0 Å². The second-order valence-corrected chi connectivity index (χ2v) is 6.11. The Hall–Kier alpha value is -0.870. The van der Waals surface area contributed by atoms with Gasteiger partial charge >= 0.3 is 0 Å². The van der Waals surface area contributed by atoms with E-state index in [1.54, 1.807) is 0 Å². The van der Waals surface area contributed by atoms with Gasteiger partial charge in [-0.05, 0) is 33.2 Å². The average molecular weight is 293 g/mol. The monoisotopic (exact) mass is 293 g/mol. The normalized spacial score (nSPS) is 20.1. The van der Waals surface area contributed by atoms with Crippen molar-refractivity contribution in [2.45, 2.75) is 77.0 Å². The highest BCUT2D eigenvalue weighted by Gasteiger charge is 2.41. The molecule has 120 valence electrons. The van der Waals surface area contributed by atoms with Crippen molar-refractivity contribution in [1.82, 2.24) is 14.9 Å². The molecule has 2 rings (SSSR count). The molecular formula is C17H31N3O. The molecule has 1 aliphatic rings. The summed E-state index contributed by atoms with van der Waals surface area (Å²) < 4.78 is 8.63. The third-order valence-electron chi connectivity index (χ3n) is 4.67. The molecule has 1 aliphatic carbocycles. The number of nitrogens with zero attached hydrogens (tertiary/aromatic N) is 2. The summed E-state index contributed by atoms with van der Waals surface area (Å²) in [6.07, 6.45) is 12.6. The maximum atomic E-state index is 6.34. The van der Waals surface area contributed by atoms with Gasteiger partial charge in [0.05, 0.1) is 11.6 Å². The first-order valence-electron chi connectivity index (χ1n) is 8.59. The van der Waals surface area contributed by atoms with Crippen LogP contribution in [0.1, 0.15) is 70.7 Å². The van der Waals surface area contributed by atoms with Gasteiger partial charge in [-0.2, -0.15) is 0 Å². The van der Waals surface area contributed by atoms with E-state index < -0.39 is 0 Å². The van der Waals surface area contributed by atoms with E-state index in [0.29, 0.717) is 0 Å². The SMILES string of the molecule is CCCn1ccnc1C(NC)C1(OCC)CCCCCC1. The Morgan fingerprint density at radius 2 is 2.00 bits per heavy atom. The second kappa shape index (κ2) is 7.95.